The number of nitrogens with one attached hydrogen (secondary N) is 1. The van der Waals surface area contributed by atoms with E-state index in [1.165, 1.54) is 0 Å². The van der Waals surface area contributed by atoms with Crippen molar-refractivity contribution in [1.29, 1.82) is 0 Å². The highest BCUT2D eigenvalue weighted by Crippen LogP contribution is 2.43. The van der Waals surface area contributed by atoms with Crippen LogP contribution in [0.3, 0.4) is 0 Å². The molecule has 0 radical (unpaired) electrons. The van der Waals surface area contributed by atoms with Crippen molar-refractivity contribution in [2.45, 2.75) is 63.6 Å². The topological polar surface area (TPSA) is 52.7 Å². The van der Waals surface area contributed by atoms with Crippen LogP contribution in [0.15, 0.2) is 0 Å². The second-order valence-corrected chi connectivity index (χ2v) is 7.16. The zero-order valence-corrected chi connectivity index (χ0v) is 13.4. The summed E-state index contributed by atoms with van der Waals surface area (Å²) in [6.07, 6.45) is 4.91. The fraction of sp³-hybridized carbons (Fsp3) is 0.875. The molecule has 3 fully saturated rings. The minimum Gasteiger partial charge on any atom is -0.340 e. The van der Waals surface area contributed by atoms with Crippen molar-refractivity contribution in [1.82, 2.24) is 15.1 Å². The van der Waals surface area contributed by atoms with Crippen molar-refractivity contribution >= 4 is 11.8 Å². The molecule has 5 heteroatoms. The molecule has 0 aromatic carbocycles. The zero-order chi connectivity index (χ0) is 15.2. The molecular weight excluding hydrogens is 266 g/mol. The van der Waals surface area contributed by atoms with E-state index in [2.05, 4.69) is 17.3 Å². The van der Waals surface area contributed by atoms with Crippen LogP contribution in [0.1, 0.15) is 46.0 Å². The Morgan fingerprint density at radius 3 is 2.57 bits per heavy atom. The van der Waals surface area contributed by atoms with E-state index in [0.29, 0.717) is 12.3 Å². The Kier molecular flexibility index (Phi) is 3.72. The summed E-state index contributed by atoms with van der Waals surface area (Å²) in [5, 5.41) is 3.04. The number of piperidine rings is 1. The maximum absolute atomic E-state index is 13.1. The number of hydrogen-bond acceptors (Lipinski definition) is 3. The fourth-order valence-electron chi connectivity index (χ4n) is 4.03. The summed E-state index contributed by atoms with van der Waals surface area (Å²) in [5.74, 6) is 0.520. The summed E-state index contributed by atoms with van der Waals surface area (Å²) in [7, 11) is 2.10. The number of likely N-dealkylation sites (tertiary alicyclic amines) is 1. The number of likely N-dealkylation sites (N-methyl/N-ethyl adjacent to an activating group) is 1. The molecule has 2 amide bonds. The van der Waals surface area contributed by atoms with Crippen molar-refractivity contribution in [3.63, 3.8) is 0 Å². The van der Waals surface area contributed by atoms with Gasteiger partial charge in [0.15, 0.2) is 0 Å². The van der Waals surface area contributed by atoms with Gasteiger partial charge in [0, 0.05) is 12.6 Å². The quantitative estimate of drug-likeness (QED) is 0.844. The Balaban J connectivity index is 1.89. The molecule has 2 heterocycles. The molecule has 3 rings (SSSR count). The van der Waals surface area contributed by atoms with Crippen molar-refractivity contribution in [2.75, 3.05) is 20.1 Å². The van der Waals surface area contributed by atoms with Gasteiger partial charge in [-0.3, -0.25) is 9.59 Å². The molecule has 1 N–H and O–H groups in total. The van der Waals surface area contributed by atoms with E-state index < -0.39 is 5.54 Å². The van der Waals surface area contributed by atoms with Gasteiger partial charge in [-0.2, -0.15) is 0 Å². The molecular formula is C16H27N3O2. The molecule has 2 saturated heterocycles. The molecule has 1 saturated carbocycles. The third-order valence-corrected chi connectivity index (χ3v) is 5.47. The minimum absolute atomic E-state index is 0.0414. The molecule has 21 heavy (non-hydrogen) atoms. The average molecular weight is 293 g/mol. The van der Waals surface area contributed by atoms with Crippen molar-refractivity contribution < 1.29 is 9.59 Å². The minimum atomic E-state index is -0.668. The monoisotopic (exact) mass is 293 g/mol. The van der Waals surface area contributed by atoms with Crippen LogP contribution in [0.2, 0.25) is 0 Å². The molecule has 0 aromatic heterocycles. The third kappa shape index (κ3) is 2.45. The van der Waals surface area contributed by atoms with Gasteiger partial charge in [0.05, 0.1) is 0 Å². The molecule has 3 unspecified atom stereocenters. The van der Waals surface area contributed by atoms with Crippen molar-refractivity contribution in [3.05, 3.63) is 0 Å². The van der Waals surface area contributed by atoms with Gasteiger partial charge in [-0.1, -0.05) is 6.92 Å². The van der Waals surface area contributed by atoms with E-state index >= 15 is 0 Å². The van der Waals surface area contributed by atoms with E-state index in [1.54, 1.807) is 0 Å². The van der Waals surface area contributed by atoms with Gasteiger partial charge >= 0.3 is 0 Å². The zero-order valence-electron chi connectivity index (χ0n) is 13.4. The van der Waals surface area contributed by atoms with Gasteiger partial charge in [-0.15, -0.1) is 0 Å². The molecule has 3 atom stereocenters. The van der Waals surface area contributed by atoms with Gasteiger partial charge in [0.2, 0.25) is 11.8 Å². The largest absolute Gasteiger partial charge is 0.340 e. The number of piperazine rings is 1. The van der Waals surface area contributed by atoms with E-state index in [1.807, 2.05) is 18.7 Å². The average Bonchev–Trinajstić information content (AvgIpc) is 3.27. The summed E-state index contributed by atoms with van der Waals surface area (Å²) in [5.41, 5.74) is -0.668. The van der Waals surface area contributed by atoms with Crippen LogP contribution in [0.5, 0.6) is 0 Å². The predicted molar refractivity (Wildman–Crippen MR) is 80.7 cm³/mol. The molecule has 1 aliphatic carbocycles. The lowest BCUT2D eigenvalue weighted by Crippen LogP contribution is -2.72. The summed E-state index contributed by atoms with van der Waals surface area (Å²) in [4.78, 5) is 29.9. The molecule has 0 spiro atoms. The number of amides is 2. The van der Waals surface area contributed by atoms with Crippen LogP contribution >= 0.6 is 0 Å². The lowest BCUT2D eigenvalue weighted by molar-refractivity contribution is -0.159. The Labute approximate surface area is 127 Å². The fourth-order valence-corrected chi connectivity index (χ4v) is 4.03. The summed E-state index contributed by atoms with van der Waals surface area (Å²) in [6.45, 7) is 5.89. The first-order valence-corrected chi connectivity index (χ1v) is 8.30. The van der Waals surface area contributed by atoms with Crippen molar-refractivity contribution in [3.8, 4) is 0 Å². The first kappa shape index (κ1) is 14.8. The number of carbonyl (C=O) groups excluding carboxylic acids is 2. The van der Waals surface area contributed by atoms with Crippen LogP contribution in [-0.4, -0.2) is 59.4 Å². The van der Waals surface area contributed by atoms with E-state index in [9.17, 15) is 9.59 Å². The second-order valence-electron chi connectivity index (χ2n) is 7.16. The molecule has 3 aliphatic rings. The highest BCUT2D eigenvalue weighted by Gasteiger charge is 2.56. The van der Waals surface area contributed by atoms with Crippen LogP contribution in [0.4, 0.5) is 0 Å². The van der Waals surface area contributed by atoms with Gasteiger partial charge < -0.3 is 15.1 Å². The molecule has 118 valence electrons. The summed E-state index contributed by atoms with van der Waals surface area (Å²) < 4.78 is 0. The van der Waals surface area contributed by atoms with Crippen molar-refractivity contribution in [2.24, 2.45) is 5.92 Å². The van der Waals surface area contributed by atoms with E-state index in [-0.39, 0.29) is 23.9 Å². The van der Waals surface area contributed by atoms with E-state index in [0.717, 1.165) is 38.8 Å². The van der Waals surface area contributed by atoms with Gasteiger partial charge in [-0.25, -0.2) is 0 Å². The highest BCUT2D eigenvalue weighted by molar-refractivity contribution is 6.00. The van der Waals surface area contributed by atoms with Crippen LogP contribution in [-0.2, 0) is 9.59 Å². The number of carbonyl (C=O) groups is 2. The lowest BCUT2D eigenvalue weighted by Gasteiger charge is -2.49. The normalized spacial score (nSPS) is 38.5. The first-order valence-electron chi connectivity index (χ1n) is 8.30. The molecule has 5 nitrogen and oxygen atoms in total. The summed E-state index contributed by atoms with van der Waals surface area (Å²) in [6, 6.07) is -0.105. The second kappa shape index (κ2) is 5.27. The van der Waals surface area contributed by atoms with E-state index in [4.69, 9.17) is 0 Å². The number of rotatable bonds is 3. The standard InChI is InChI=1S/C16H27N3O2/c1-4-13-14(20)17-16(2,11-7-8-11)15(21)19(13)12-6-5-9-18(3)10-12/h11-13H,4-10H2,1-3H3,(H,17,20). The SMILES string of the molecule is CCC1C(=O)NC(C)(C2CC2)C(=O)N1C1CCCN(C)C1. The Morgan fingerprint density at radius 2 is 2.00 bits per heavy atom. The smallest absolute Gasteiger partial charge is 0.249 e. The Hall–Kier alpha value is -1.10. The lowest BCUT2D eigenvalue weighted by atomic mass is 9.86. The highest BCUT2D eigenvalue weighted by atomic mass is 16.2. The maximum atomic E-state index is 13.1. The third-order valence-electron chi connectivity index (χ3n) is 5.47. The maximum Gasteiger partial charge on any atom is 0.249 e. The summed E-state index contributed by atoms with van der Waals surface area (Å²) >= 11 is 0. The Morgan fingerprint density at radius 1 is 1.29 bits per heavy atom. The number of nitrogens with zero attached hydrogens (tertiary/aromatic N) is 2. The molecule has 0 aromatic rings. The Bertz CT molecular complexity index is 449. The predicted octanol–water partition coefficient (Wildman–Crippen LogP) is 0.986. The van der Waals surface area contributed by atoms with Gasteiger partial charge in [-0.05, 0) is 58.5 Å². The van der Waals surface area contributed by atoms with Crippen LogP contribution in [0.25, 0.3) is 0 Å². The van der Waals surface area contributed by atoms with Crippen LogP contribution in [0, 0.1) is 5.92 Å². The number of hydrogen-bond donors (Lipinski definition) is 1. The molecule has 0 bridgehead atoms. The van der Waals surface area contributed by atoms with Gasteiger partial charge in [0.1, 0.15) is 11.6 Å². The van der Waals surface area contributed by atoms with Crippen LogP contribution < -0.4 is 5.32 Å². The van der Waals surface area contributed by atoms with Gasteiger partial charge in [0.25, 0.3) is 0 Å². The first-order chi connectivity index (χ1) is 9.97. The molecule has 2 aliphatic heterocycles.